The fourth-order valence-electron chi connectivity index (χ4n) is 2.06. The number of hydrogen-bond acceptors (Lipinski definition) is 2. The first-order valence-corrected chi connectivity index (χ1v) is 7.26. The maximum Gasteiger partial charge on any atom is 0.225 e. The molecule has 0 saturated carbocycles. The molecule has 1 amide bonds. The van der Waals surface area contributed by atoms with Crippen molar-refractivity contribution < 1.29 is 9.53 Å². The van der Waals surface area contributed by atoms with E-state index in [1.54, 1.807) is 0 Å². The van der Waals surface area contributed by atoms with E-state index < -0.39 is 0 Å². The van der Waals surface area contributed by atoms with E-state index in [4.69, 9.17) is 4.74 Å². The molecule has 3 atom stereocenters. The van der Waals surface area contributed by atoms with Crippen LogP contribution in [-0.4, -0.2) is 30.5 Å². The fraction of sp³-hybridized carbons (Fsp3) is 0.917. The highest BCUT2D eigenvalue weighted by Gasteiger charge is 2.30. The Morgan fingerprint density at radius 1 is 1.62 bits per heavy atom. The fourth-order valence-corrected chi connectivity index (χ4v) is 2.70. The molecule has 0 spiro atoms. The van der Waals surface area contributed by atoms with Crippen molar-refractivity contribution in [2.75, 3.05) is 18.5 Å². The van der Waals surface area contributed by atoms with Crippen molar-refractivity contribution in [3.63, 3.8) is 0 Å². The molecule has 16 heavy (non-hydrogen) atoms. The second-order valence-electron chi connectivity index (χ2n) is 4.47. The molecule has 1 rings (SSSR count). The van der Waals surface area contributed by atoms with Gasteiger partial charge in [0, 0.05) is 18.5 Å². The first kappa shape index (κ1) is 14.0. The first-order valence-electron chi connectivity index (χ1n) is 6.14. The second kappa shape index (κ2) is 7.28. The lowest BCUT2D eigenvalue weighted by atomic mass is 10.00. The van der Waals surface area contributed by atoms with Crippen LogP contribution in [0.2, 0.25) is 0 Å². The third-order valence-corrected chi connectivity index (χ3v) is 3.83. The molecule has 0 aromatic rings. The van der Waals surface area contributed by atoms with E-state index in [0.717, 1.165) is 37.7 Å². The van der Waals surface area contributed by atoms with Gasteiger partial charge in [-0.05, 0) is 25.7 Å². The zero-order valence-electron chi connectivity index (χ0n) is 10.2. The van der Waals surface area contributed by atoms with E-state index in [9.17, 15) is 4.79 Å². The topological polar surface area (TPSA) is 38.3 Å². The molecule has 3 unspecified atom stereocenters. The Balaban J connectivity index is 2.28. The van der Waals surface area contributed by atoms with Crippen LogP contribution in [0.25, 0.3) is 0 Å². The predicted octanol–water partition coefficient (Wildman–Crippen LogP) is 2.34. The SMILES string of the molecule is CCC(CCBr)CNC(=O)C1CCOC1C. The van der Waals surface area contributed by atoms with E-state index in [0.29, 0.717) is 5.92 Å². The number of hydrogen-bond donors (Lipinski definition) is 1. The Labute approximate surface area is 106 Å². The van der Waals surface area contributed by atoms with Crippen LogP contribution in [0.3, 0.4) is 0 Å². The minimum Gasteiger partial charge on any atom is -0.378 e. The number of ether oxygens (including phenoxy) is 1. The zero-order chi connectivity index (χ0) is 12.0. The number of rotatable bonds is 6. The normalized spacial score (nSPS) is 26.7. The molecule has 0 bridgehead atoms. The van der Waals surface area contributed by atoms with Gasteiger partial charge in [-0.1, -0.05) is 29.3 Å². The van der Waals surface area contributed by atoms with Gasteiger partial charge < -0.3 is 10.1 Å². The van der Waals surface area contributed by atoms with Gasteiger partial charge in [0.1, 0.15) is 0 Å². The van der Waals surface area contributed by atoms with Gasteiger partial charge in [0.15, 0.2) is 0 Å². The van der Waals surface area contributed by atoms with Crippen molar-refractivity contribution in [3.8, 4) is 0 Å². The molecule has 1 aliphatic heterocycles. The van der Waals surface area contributed by atoms with Crippen LogP contribution in [0.4, 0.5) is 0 Å². The van der Waals surface area contributed by atoms with E-state index in [1.165, 1.54) is 0 Å². The van der Waals surface area contributed by atoms with Gasteiger partial charge in [-0.25, -0.2) is 0 Å². The van der Waals surface area contributed by atoms with Gasteiger partial charge in [-0.3, -0.25) is 4.79 Å². The van der Waals surface area contributed by atoms with Gasteiger partial charge in [-0.15, -0.1) is 0 Å². The van der Waals surface area contributed by atoms with E-state index >= 15 is 0 Å². The van der Waals surface area contributed by atoms with Crippen molar-refractivity contribution in [1.29, 1.82) is 0 Å². The van der Waals surface area contributed by atoms with Crippen LogP contribution in [-0.2, 0) is 9.53 Å². The lowest BCUT2D eigenvalue weighted by Gasteiger charge is -2.18. The predicted molar refractivity (Wildman–Crippen MR) is 68.7 cm³/mol. The van der Waals surface area contributed by atoms with Gasteiger partial charge >= 0.3 is 0 Å². The van der Waals surface area contributed by atoms with Crippen LogP contribution >= 0.6 is 15.9 Å². The van der Waals surface area contributed by atoms with Crippen molar-refractivity contribution >= 4 is 21.8 Å². The highest BCUT2D eigenvalue weighted by molar-refractivity contribution is 9.09. The number of nitrogens with one attached hydrogen (secondary N) is 1. The van der Waals surface area contributed by atoms with Crippen LogP contribution < -0.4 is 5.32 Å². The average Bonchev–Trinajstić information content (AvgIpc) is 2.70. The van der Waals surface area contributed by atoms with Crippen molar-refractivity contribution in [2.45, 2.75) is 39.2 Å². The Bertz CT molecular complexity index is 223. The Hall–Kier alpha value is -0.0900. The molecule has 94 valence electrons. The highest BCUT2D eigenvalue weighted by atomic mass is 79.9. The third kappa shape index (κ3) is 4.06. The summed E-state index contributed by atoms with van der Waals surface area (Å²) < 4.78 is 5.40. The standard InChI is InChI=1S/C12H22BrNO2/c1-3-10(4-6-13)8-14-12(15)11-5-7-16-9(11)2/h9-11H,3-8H2,1-2H3,(H,14,15). The lowest BCUT2D eigenvalue weighted by molar-refractivity contribution is -0.126. The summed E-state index contributed by atoms with van der Waals surface area (Å²) >= 11 is 3.44. The molecule has 0 radical (unpaired) electrons. The quantitative estimate of drug-likeness (QED) is 0.763. The van der Waals surface area contributed by atoms with Gasteiger partial charge in [0.05, 0.1) is 12.0 Å². The lowest BCUT2D eigenvalue weighted by Crippen LogP contribution is -2.37. The van der Waals surface area contributed by atoms with Gasteiger partial charge in [-0.2, -0.15) is 0 Å². The van der Waals surface area contributed by atoms with Crippen LogP contribution in [0.15, 0.2) is 0 Å². The molecule has 1 aliphatic rings. The summed E-state index contributed by atoms with van der Waals surface area (Å²) in [5, 5.41) is 4.06. The highest BCUT2D eigenvalue weighted by Crippen LogP contribution is 2.20. The third-order valence-electron chi connectivity index (χ3n) is 3.37. The largest absolute Gasteiger partial charge is 0.378 e. The summed E-state index contributed by atoms with van der Waals surface area (Å²) in [4.78, 5) is 11.9. The van der Waals surface area contributed by atoms with Gasteiger partial charge in [0.25, 0.3) is 0 Å². The summed E-state index contributed by atoms with van der Waals surface area (Å²) in [5.41, 5.74) is 0. The Morgan fingerprint density at radius 3 is 2.88 bits per heavy atom. The van der Waals surface area contributed by atoms with E-state index in [2.05, 4.69) is 28.2 Å². The van der Waals surface area contributed by atoms with Crippen molar-refractivity contribution in [3.05, 3.63) is 0 Å². The number of carbonyl (C=O) groups excluding carboxylic acids is 1. The maximum absolute atomic E-state index is 11.9. The number of alkyl halides is 1. The number of amides is 1. The van der Waals surface area contributed by atoms with E-state index in [1.807, 2.05) is 6.92 Å². The molecular formula is C12H22BrNO2. The molecule has 4 heteroatoms. The minimum atomic E-state index is 0.0569. The Kier molecular flexibility index (Phi) is 6.36. The smallest absolute Gasteiger partial charge is 0.225 e. The summed E-state index contributed by atoms with van der Waals surface area (Å²) in [5.74, 6) is 0.806. The van der Waals surface area contributed by atoms with Crippen LogP contribution in [0.5, 0.6) is 0 Å². The van der Waals surface area contributed by atoms with E-state index in [-0.39, 0.29) is 17.9 Å². The average molecular weight is 292 g/mol. The summed E-state index contributed by atoms with van der Waals surface area (Å²) in [6, 6.07) is 0. The summed E-state index contributed by atoms with van der Waals surface area (Å²) in [6.07, 6.45) is 3.18. The van der Waals surface area contributed by atoms with Crippen LogP contribution in [0, 0.1) is 11.8 Å². The first-order chi connectivity index (χ1) is 7.69. The van der Waals surface area contributed by atoms with Crippen molar-refractivity contribution in [1.82, 2.24) is 5.32 Å². The number of halogens is 1. The molecule has 1 N–H and O–H groups in total. The number of carbonyl (C=O) groups is 1. The monoisotopic (exact) mass is 291 g/mol. The molecule has 1 fully saturated rings. The summed E-state index contributed by atoms with van der Waals surface area (Å²) in [7, 11) is 0. The molecule has 0 aromatic heterocycles. The van der Waals surface area contributed by atoms with Crippen molar-refractivity contribution in [2.24, 2.45) is 11.8 Å². The molecule has 1 heterocycles. The molecule has 0 aliphatic carbocycles. The molecule has 1 saturated heterocycles. The van der Waals surface area contributed by atoms with Gasteiger partial charge in [0.2, 0.25) is 5.91 Å². The molecule has 3 nitrogen and oxygen atoms in total. The minimum absolute atomic E-state index is 0.0569. The molecule has 0 aromatic carbocycles. The maximum atomic E-state index is 11.9. The Morgan fingerprint density at radius 2 is 2.38 bits per heavy atom. The van der Waals surface area contributed by atoms with Crippen LogP contribution in [0.1, 0.15) is 33.1 Å². The molecular weight excluding hydrogens is 270 g/mol. The second-order valence-corrected chi connectivity index (χ2v) is 5.26. The summed E-state index contributed by atoms with van der Waals surface area (Å²) in [6.45, 7) is 5.66. The zero-order valence-corrected chi connectivity index (χ0v) is 11.8.